The summed E-state index contributed by atoms with van der Waals surface area (Å²) in [4.78, 5) is 18.3. The predicted octanol–water partition coefficient (Wildman–Crippen LogP) is 5.31. The van der Waals surface area contributed by atoms with E-state index in [1.54, 1.807) is 0 Å². The van der Waals surface area contributed by atoms with Gasteiger partial charge in [-0.25, -0.2) is 0 Å². The number of aromatic nitrogens is 1. The highest BCUT2D eigenvalue weighted by molar-refractivity contribution is 5.85. The summed E-state index contributed by atoms with van der Waals surface area (Å²) >= 11 is 0. The second-order valence-corrected chi connectivity index (χ2v) is 9.45. The van der Waals surface area contributed by atoms with Crippen LogP contribution in [0.25, 0.3) is 10.9 Å². The van der Waals surface area contributed by atoms with Crippen LogP contribution in [0.15, 0.2) is 30.5 Å². The zero-order valence-corrected chi connectivity index (χ0v) is 18.8. The summed E-state index contributed by atoms with van der Waals surface area (Å²) in [5.74, 6) is 0.857. The summed E-state index contributed by atoms with van der Waals surface area (Å²) < 4.78 is 6.51. The number of carbonyl (C=O) groups is 1. The van der Waals surface area contributed by atoms with Crippen LogP contribution in [0.3, 0.4) is 0 Å². The molecule has 5 heteroatoms. The molecule has 2 aliphatic rings. The lowest BCUT2D eigenvalue weighted by Crippen LogP contribution is -2.41. The Labute approximate surface area is 185 Å². The van der Waals surface area contributed by atoms with Gasteiger partial charge in [0.15, 0.2) is 0 Å². The fraction of sp³-hybridized carbons (Fsp3) is 0.615. The molecule has 4 rings (SSSR count). The molecule has 0 amide bonds. The molecule has 0 bridgehead atoms. The van der Waals surface area contributed by atoms with Gasteiger partial charge in [0.1, 0.15) is 17.4 Å². The second kappa shape index (κ2) is 10.4. The van der Waals surface area contributed by atoms with Crippen molar-refractivity contribution in [2.75, 3.05) is 19.6 Å². The van der Waals surface area contributed by atoms with Crippen molar-refractivity contribution in [3.8, 4) is 5.75 Å². The molecule has 1 N–H and O–H groups in total. The minimum atomic E-state index is -0.614. The van der Waals surface area contributed by atoms with Gasteiger partial charge in [-0.2, -0.15) is 0 Å². The van der Waals surface area contributed by atoms with Gasteiger partial charge < -0.3 is 14.7 Å². The molecule has 0 radical (unpaired) electrons. The zero-order valence-electron chi connectivity index (χ0n) is 18.8. The van der Waals surface area contributed by atoms with E-state index >= 15 is 0 Å². The first kappa shape index (κ1) is 22.1. The number of rotatable bonds is 8. The van der Waals surface area contributed by atoms with Gasteiger partial charge in [-0.3, -0.25) is 9.78 Å². The molecule has 1 aromatic heterocycles. The smallest absolute Gasteiger partial charge is 0.306 e. The molecule has 2 heterocycles. The third kappa shape index (κ3) is 5.76. The number of likely N-dealkylation sites (tertiary alicyclic amines) is 1. The van der Waals surface area contributed by atoms with E-state index in [4.69, 9.17) is 4.74 Å². The number of aryl methyl sites for hydroxylation is 1. The van der Waals surface area contributed by atoms with Crippen LogP contribution in [-0.2, 0) is 11.2 Å². The lowest BCUT2D eigenvalue weighted by molar-refractivity contribution is -0.143. The first-order valence-electron chi connectivity index (χ1n) is 12.1. The molecule has 0 unspecified atom stereocenters. The molecule has 2 aromatic rings. The maximum Gasteiger partial charge on any atom is 0.306 e. The number of ether oxygens (including phenoxy) is 1. The van der Waals surface area contributed by atoms with E-state index in [2.05, 4.69) is 35.0 Å². The highest BCUT2D eigenvalue weighted by Gasteiger charge is 2.28. The van der Waals surface area contributed by atoms with Crippen molar-refractivity contribution in [2.45, 2.75) is 70.8 Å². The Morgan fingerprint density at radius 2 is 1.94 bits per heavy atom. The molecular formula is C26H36N2O3. The summed E-state index contributed by atoms with van der Waals surface area (Å²) in [6.07, 6.45) is 11.4. The molecule has 1 aromatic carbocycles. The van der Waals surface area contributed by atoms with E-state index in [0.29, 0.717) is 5.92 Å². The number of unbranched alkanes of at least 4 members (excludes halogenated alkanes) is 1. The lowest BCUT2D eigenvalue weighted by atomic mass is 9.81. The van der Waals surface area contributed by atoms with E-state index < -0.39 is 5.97 Å². The van der Waals surface area contributed by atoms with E-state index in [-0.39, 0.29) is 12.0 Å². The number of fused-ring (bicyclic) bond motifs is 1. The molecule has 2 fully saturated rings. The topological polar surface area (TPSA) is 62.7 Å². The van der Waals surface area contributed by atoms with Crippen LogP contribution < -0.4 is 4.74 Å². The Kier molecular flexibility index (Phi) is 7.44. The lowest BCUT2D eigenvalue weighted by Gasteiger charge is -2.36. The van der Waals surface area contributed by atoms with Gasteiger partial charge in [0.2, 0.25) is 0 Å². The van der Waals surface area contributed by atoms with Crippen LogP contribution in [-0.4, -0.2) is 46.7 Å². The van der Waals surface area contributed by atoms with Gasteiger partial charge in [-0.15, -0.1) is 0 Å². The molecule has 1 saturated carbocycles. The Morgan fingerprint density at radius 1 is 1.16 bits per heavy atom. The maximum absolute atomic E-state index is 11.2. The second-order valence-electron chi connectivity index (χ2n) is 9.45. The van der Waals surface area contributed by atoms with Crippen LogP contribution in [0.4, 0.5) is 0 Å². The Balaban J connectivity index is 1.32. The summed E-state index contributed by atoms with van der Waals surface area (Å²) in [6, 6.07) is 8.59. The van der Waals surface area contributed by atoms with Crippen molar-refractivity contribution in [1.82, 2.24) is 9.88 Å². The first-order valence-corrected chi connectivity index (χ1v) is 12.1. The van der Waals surface area contributed by atoms with Gasteiger partial charge in [-0.05, 0) is 81.0 Å². The average molecular weight is 425 g/mol. The molecule has 31 heavy (non-hydrogen) atoms. The van der Waals surface area contributed by atoms with Crippen molar-refractivity contribution in [3.63, 3.8) is 0 Å². The monoisotopic (exact) mass is 424 g/mol. The largest absolute Gasteiger partial charge is 0.488 e. The normalized spacial score (nSPS) is 23.1. The van der Waals surface area contributed by atoms with Crippen molar-refractivity contribution in [2.24, 2.45) is 11.8 Å². The van der Waals surface area contributed by atoms with Gasteiger partial charge in [0, 0.05) is 31.2 Å². The van der Waals surface area contributed by atoms with Gasteiger partial charge >= 0.3 is 5.97 Å². The standard InChI is InChI=1S/C26H36N2O3/c1-2-3-5-20-16-22-6-4-13-27-25(22)24(17-20)31-23-11-14-28(15-12-23)18-19-7-9-21(10-8-19)26(29)30/h4,6,13,16-17,19,21,23H,2-3,5,7-12,14-15,18H2,1H3,(H,29,30)/t19-,21-. The molecular weight excluding hydrogens is 388 g/mol. The molecule has 1 aliphatic carbocycles. The summed E-state index contributed by atoms with van der Waals surface area (Å²) in [5.41, 5.74) is 2.31. The van der Waals surface area contributed by atoms with Crippen LogP contribution in [0.5, 0.6) is 5.75 Å². The fourth-order valence-electron chi connectivity index (χ4n) is 5.18. The number of hydrogen-bond donors (Lipinski definition) is 1. The molecule has 0 atom stereocenters. The Morgan fingerprint density at radius 3 is 2.65 bits per heavy atom. The van der Waals surface area contributed by atoms with Crippen molar-refractivity contribution in [3.05, 3.63) is 36.0 Å². The van der Waals surface area contributed by atoms with Crippen molar-refractivity contribution >= 4 is 16.9 Å². The molecule has 1 aliphatic heterocycles. The summed E-state index contributed by atoms with van der Waals surface area (Å²) in [7, 11) is 0. The molecule has 168 valence electrons. The van der Waals surface area contributed by atoms with Crippen LogP contribution in [0.1, 0.15) is 63.9 Å². The van der Waals surface area contributed by atoms with Crippen LogP contribution in [0.2, 0.25) is 0 Å². The maximum atomic E-state index is 11.2. The third-order valence-electron chi connectivity index (χ3n) is 7.09. The molecule has 0 spiro atoms. The highest BCUT2D eigenvalue weighted by Crippen LogP contribution is 2.32. The number of hydrogen-bond acceptors (Lipinski definition) is 4. The molecule has 5 nitrogen and oxygen atoms in total. The number of nitrogens with zero attached hydrogens (tertiary/aromatic N) is 2. The zero-order chi connectivity index (χ0) is 21.6. The number of carboxylic acid groups (broad SMARTS) is 1. The summed E-state index contributed by atoms with van der Waals surface area (Å²) in [5, 5.41) is 10.4. The minimum Gasteiger partial charge on any atom is -0.488 e. The van der Waals surface area contributed by atoms with Gasteiger partial charge in [0.05, 0.1) is 5.92 Å². The van der Waals surface area contributed by atoms with Crippen molar-refractivity contribution in [1.29, 1.82) is 0 Å². The van der Waals surface area contributed by atoms with Crippen molar-refractivity contribution < 1.29 is 14.6 Å². The van der Waals surface area contributed by atoms with E-state index in [0.717, 1.165) is 75.8 Å². The van der Waals surface area contributed by atoms with E-state index in [1.807, 2.05) is 12.3 Å². The average Bonchev–Trinajstić information content (AvgIpc) is 2.79. The number of aliphatic carboxylic acids is 1. The first-order chi connectivity index (χ1) is 15.1. The van der Waals surface area contributed by atoms with E-state index in [9.17, 15) is 9.90 Å². The quantitative estimate of drug-likeness (QED) is 0.622. The highest BCUT2D eigenvalue weighted by atomic mass is 16.5. The summed E-state index contributed by atoms with van der Waals surface area (Å²) in [6.45, 7) is 5.45. The molecule has 1 saturated heterocycles. The van der Waals surface area contributed by atoms with Gasteiger partial charge in [-0.1, -0.05) is 19.4 Å². The third-order valence-corrected chi connectivity index (χ3v) is 7.09. The predicted molar refractivity (Wildman–Crippen MR) is 124 cm³/mol. The van der Waals surface area contributed by atoms with E-state index in [1.165, 1.54) is 23.8 Å². The number of carboxylic acids is 1. The SMILES string of the molecule is CCCCc1cc(OC2CCN(C[C@H]3CC[C@H](C(=O)O)CC3)CC2)c2ncccc2c1. The Hall–Kier alpha value is -2.14. The fourth-order valence-corrected chi connectivity index (χ4v) is 5.18. The number of benzene rings is 1. The number of pyridine rings is 1. The van der Waals surface area contributed by atoms with Crippen LogP contribution in [0, 0.1) is 11.8 Å². The van der Waals surface area contributed by atoms with Crippen LogP contribution >= 0.6 is 0 Å². The van der Waals surface area contributed by atoms with Gasteiger partial charge in [0.25, 0.3) is 0 Å². The number of piperidine rings is 1. The Bertz CT molecular complexity index is 868. The minimum absolute atomic E-state index is 0.119.